The molecule has 0 radical (unpaired) electrons. The summed E-state index contributed by atoms with van der Waals surface area (Å²) in [7, 11) is 4.52. The van der Waals surface area contributed by atoms with Gasteiger partial charge in [0.05, 0.1) is 32.3 Å². The van der Waals surface area contributed by atoms with Crippen molar-refractivity contribution < 1.29 is 27.9 Å². The molecule has 0 spiro atoms. The van der Waals surface area contributed by atoms with E-state index >= 15 is 0 Å². The summed E-state index contributed by atoms with van der Waals surface area (Å²) in [6, 6.07) is 15.2. The second-order valence-electron chi connectivity index (χ2n) is 8.66. The minimum absolute atomic E-state index is 0.0589. The molecule has 9 heteroatoms. The summed E-state index contributed by atoms with van der Waals surface area (Å²) in [5, 5.41) is 6.08. The van der Waals surface area contributed by atoms with Gasteiger partial charge in [-0.15, -0.1) is 0 Å². The van der Waals surface area contributed by atoms with Crippen molar-refractivity contribution >= 4 is 33.5 Å². The largest absolute Gasteiger partial charge is 0.496 e. The Labute approximate surface area is 210 Å². The molecule has 1 unspecified atom stereocenters. The van der Waals surface area contributed by atoms with Gasteiger partial charge in [-0.05, 0) is 24.4 Å². The summed E-state index contributed by atoms with van der Waals surface area (Å²) < 4.78 is 28.2. The van der Waals surface area contributed by atoms with Gasteiger partial charge in [0.15, 0.2) is 22.7 Å². The first kappa shape index (κ1) is 22.7. The maximum absolute atomic E-state index is 14.1. The first-order valence-electron chi connectivity index (χ1n) is 11.5. The standard InChI is InChI=1S/C28H22N2O7/c1-14-11-22(29-37-14)30-24(18-12-20(34-3)21(35-4)13-19(18)33-2)23-25(31)17-10-9-15-7-5-6-8-16(15)26(17)36-27(23)28(30)32/h5-13,24H,1-4H3. The van der Waals surface area contributed by atoms with Gasteiger partial charge in [-0.25, -0.2) is 0 Å². The smallest absolute Gasteiger partial charge is 0.296 e. The van der Waals surface area contributed by atoms with Crippen LogP contribution in [0, 0.1) is 6.92 Å². The highest BCUT2D eigenvalue weighted by atomic mass is 16.5. The van der Waals surface area contributed by atoms with E-state index in [1.54, 1.807) is 31.2 Å². The van der Waals surface area contributed by atoms with E-state index < -0.39 is 11.9 Å². The van der Waals surface area contributed by atoms with Gasteiger partial charge in [0.25, 0.3) is 5.91 Å². The van der Waals surface area contributed by atoms with Crippen molar-refractivity contribution in [2.45, 2.75) is 13.0 Å². The van der Waals surface area contributed by atoms with E-state index in [9.17, 15) is 9.59 Å². The molecule has 0 fully saturated rings. The molecule has 5 aromatic rings. The molecule has 0 saturated heterocycles. The normalized spacial score (nSPS) is 14.9. The Morgan fingerprint density at radius 1 is 0.865 bits per heavy atom. The lowest BCUT2D eigenvalue weighted by Gasteiger charge is -2.25. The van der Waals surface area contributed by atoms with Gasteiger partial charge in [0.2, 0.25) is 5.76 Å². The van der Waals surface area contributed by atoms with Gasteiger partial charge >= 0.3 is 0 Å². The van der Waals surface area contributed by atoms with Crippen molar-refractivity contribution in [2.75, 3.05) is 26.2 Å². The molecule has 37 heavy (non-hydrogen) atoms. The Hall–Kier alpha value is -4.79. The first-order chi connectivity index (χ1) is 18.0. The van der Waals surface area contributed by atoms with Crippen LogP contribution in [0.2, 0.25) is 0 Å². The molecular weight excluding hydrogens is 476 g/mol. The van der Waals surface area contributed by atoms with Crippen molar-refractivity contribution in [3.8, 4) is 17.2 Å². The lowest BCUT2D eigenvalue weighted by atomic mass is 9.96. The van der Waals surface area contributed by atoms with Crippen LogP contribution in [-0.2, 0) is 0 Å². The third-order valence-electron chi connectivity index (χ3n) is 6.66. The van der Waals surface area contributed by atoms with Crippen molar-refractivity contribution in [3.63, 3.8) is 0 Å². The fourth-order valence-corrected chi connectivity index (χ4v) is 4.96. The second kappa shape index (κ2) is 8.41. The molecule has 6 rings (SSSR count). The number of aromatic nitrogens is 1. The number of aryl methyl sites for hydroxylation is 1. The Morgan fingerprint density at radius 2 is 1.59 bits per heavy atom. The first-order valence-corrected chi connectivity index (χ1v) is 11.5. The Balaban J connectivity index is 1.70. The van der Waals surface area contributed by atoms with Crippen LogP contribution in [0.4, 0.5) is 5.82 Å². The number of benzene rings is 3. The maximum atomic E-state index is 14.1. The lowest BCUT2D eigenvalue weighted by molar-refractivity contribution is 0.0969. The van der Waals surface area contributed by atoms with E-state index in [2.05, 4.69) is 5.16 Å². The Morgan fingerprint density at radius 3 is 2.30 bits per heavy atom. The molecule has 3 aromatic carbocycles. The Kier molecular flexibility index (Phi) is 5.15. The number of ether oxygens (including phenoxy) is 3. The monoisotopic (exact) mass is 498 g/mol. The number of methoxy groups -OCH3 is 3. The third kappa shape index (κ3) is 3.27. The van der Waals surface area contributed by atoms with Gasteiger partial charge in [0.1, 0.15) is 23.1 Å². The molecule has 1 amide bonds. The van der Waals surface area contributed by atoms with Crippen molar-refractivity contribution in [1.29, 1.82) is 0 Å². The average Bonchev–Trinajstić information content (AvgIpc) is 3.48. The van der Waals surface area contributed by atoms with E-state index in [1.165, 1.54) is 26.2 Å². The number of amides is 1. The van der Waals surface area contributed by atoms with Crippen LogP contribution in [0.1, 0.15) is 33.5 Å². The molecular formula is C28H22N2O7. The zero-order valence-corrected chi connectivity index (χ0v) is 20.5. The summed E-state index contributed by atoms with van der Waals surface area (Å²) in [6.07, 6.45) is 0. The van der Waals surface area contributed by atoms with Crippen LogP contribution in [0.3, 0.4) is 0 Å². The summed E-state index contributed by atoms with van der Waals surface area (Å²) in [5.41, 5.74) is 0.714. The van der Waals surface area contributed by atoms with Crippen LogP contribution in [0.15, 0.2) is 68.3 Å². The number of hydrogen-bond acceptors (Lipinski definition) is 8. The highest BCUT2D eigenvalue weighted by Crippen LogP contribution is 2.47. The molecule has 0 saturated carbocycles. The second-order valence-corrected chi connectivity index (χ2v) is 8.66. The van der Waals surface area contributed by atoms with E-state index in [1.807, 2.05) is 30.3 Å². The highest BCUT2D eigenvalue weighted by molar-refractivity contribution is 6.12. The minimum Gasteiger partial charge on any atom is -0.496 e. The molecule has 2 aromatic heterocycles. The molecule has 1 atom stereocenters. The van der Waals surface area contributed by atoms with Gasteiger partial charge in [0, 0.05) is 23.1 Å². The van der Waals surface area contributed by atoms with Gasteiger partial charge in [-0.1, -0.05) is 35.5 Å². The van der Waals surface area contributed by atoms with E-state index in [-0.39, 0.29) is 22.6 Å². The molecule has 1 aliphatic rings. The lowest BCUT2D eigenvalue weighted by Crippen LogP contribution is -2.30. The minimum atomic E-state index is -0.922. The molecule has 0 aliphatic carbocycles. The van der Waals surface area contributed by atoms with Crippen molar-refractivity contribution in [3.05, 3.63) is 87.5 Å². The van der Waals surface area contributed by atoms with Crippen molar-refractivity contribution in [2.24, 2.45) is 0 Å². The van der Waals surface area contributed by atoms with Gasteiger partial charge < -0.3 is 23.2 Å². The SMILES string of the molecule is COc1cc(OC)c(C2c3c(oc4c(ccc5ccccc54)c3=O)C(=O)N2c2cc(C)on2)cc1OC. The van der Waals surface area contributed by atoms with Crippen LogP contribution in [0.25, 0.3) is 21.7 Å². The predicted molar refractivity (Wildman–Crippen MR) is 136 cm³/mol. The molecule has 9 nitrogen and oxygen atoms in total. The molecule has 1 aliphatic heterocycles. The fourth-order valence-electron chi connectivity index (χ4n) is 4.96. The molecule has 3 heterocycles. The fraction of sp³-hybridized carbons (Fsp3) is 0.179. The number of rotatable bonds is 5. The molecule has 0 bridgehead atoms. The quantitative estimate of drug-likeness (QED) is 0.311. The van der Waals surface area contributed by atoms with Crippen LogP contribution in [-0.4, -0.2) is 32.4 Å². The molecule has 0 N–H and O–H groups in total. The van der Waals surface area contributed by atoms with E-state index in [0.717, 1.165) is 10.8 Å². The third-order valence-corrected chi connectivity index (χ3v) is 6.66. The maximum Gasteiger partial charge on any atom is 0.296 e. The summed E-state index contributed by atoms with van der Waals surface area (Å²) in [4.78, 5) is 29.4. The zero-order valence-electron chi connectivity index (χ0n) is 20.5. The van der Waals surface area contributed by atoms with Crippen LogP contribution >= 0.6 is 0 Å². The van der Waals surface area contributed by atoms with Crippen LogP contribution in [0.5, 0.6) is 17.2 Å². The van der Waals surface area contributed by atoms with E-state index in [0.29, 0.717) is 39.5 Å². The zero-order chi connectivity index (χ0) is 25.8. The number of nitrogens with zero attached hydrogens (tertiary/aromatic N) is 2. The number of anilines is 1. The predicted octanol–water partition coefficient (Wildman–Crippen LogP) is 5.02. The number of hydrogen-bond donors (Lipinski definition) is 0. The summed E-state index contributed by atoms with van der Waals surface area (Å²) in [5.74, 6) is 1.41. The number of carbonyl (C=O) groups excluding carboxylic acids is 1. The number of fused-ring (bicyclic) bond motifs is 4. The van der Waals surface area contributed by atoms with Gasteiger partial charge in [-0.3, -0.25) is 14.5 Å². The number of carbonyl (C=O) groups is 1. The van der Waals surface area contributed by atoms with Gasteiger partial charge in [-0.2, -0.15) is 0 Å². The van der Waals surface area contributed by atoms with Crippen LogP contribution < -0.4 is 24.5 Å². The Bertz CT molecular complexity index is 1770. The highest BCUT2D eigenvalue weighted by Gasteiger charge is 2.46. The van der Waals surface area contributed by atoms with Crippen molar-refractivity contribution in [1.82, 2.24) is 5.16 Å². The molecule has 186 valence electrons. The average molecular weight is 498 g/mol. The summed E-state index contributed by atoms with van der Waals surface area (Å²) in [6.45, 7) is 1.72. The summed E-state index contributed by atoms with van der Waals surface area (Å²) >= 11 is 0. The van der Waals surface area contributed by atoms with E-state index in [4.69, 9.17) is 23.2 Å². The topological polar surface area (TPSA) is 104 Å².